The van der Waals surface area contributed by atoms with Crippen LogP contribution in [0.25, 0.3) is 0 Å². The van der Waals surface area contributed by atoms with E-state index >= 15 is 0 Å². The van der Waals surface area contributed by atoms with Crippen LogP contribution in [0.1, 0.15) is 5.56 Å². The van der Waals surface area contributed by atoms with Gasteiger partial charge >= 0.3 is 0 Å². The topological polar surface area (TPSA) is 38.5 Å². The van der Waals surface area contributed by atoms with Crippen molar-refractivity contribution in [2.24, 2.45) is 5.73 Å². The number of hydrogen-bond acceptors (Lipinski definition) is 3. The van der Waals surface area contributed by atoms with E-state index in [2.05, 4.69) is 11.0 Å². The minimum Gasteiger partial charge on any atom is -0.492 e. The summed E-state index contributed by atoms with van der Waals surface area (Å²) in [6.45, 7) is 3.08. The number of ether oxygens (including phenoxy) is 1. The second-order valence-electron chi connectivity index (χ2n) is 3.63. The molecule has 0 radical (unpaired) electrons. The first kappa shape index (κ1) is 10.4. The summed E-state index contributed by atoms with van der Waals surface area (Å²) in [5.74, 6) is 0.975. The summed E-state index contributed by atoms with van der Waals surface area (Å²) in [5.41, 5.74) is 6.74. The first-order chi connectivity index (χ1) is 7.25. The minimum absolute atomic E-state index is 0.536. The van der Waals surface area contributed by atoms with Crippen LogP contribution in [0.15, 0.2) is 24.3 Å². The van der Waals surface area contributed by atoms with E-state index < -0.39 is 0 Å². The first-order valence-electron chi connectivity index (χ1n) is 4.97. The van der Waals surface area contributed by atoms with Gasteiger partial charge in [0.2, 0.25) is 0 Å². The van der Waals surface area contributed by atoms with Gasteiger partial charge in [0.1, 0.15) is 12.4 Å². The van der Waals surface area contributed by atoms with Crippen molar-refractivity contribution in [3.63, 3.8) is 0 Å². The maximum absolute atomic E-state index is 5.63. The van der Waals surface area contributed by atoms with Crippen molar-refractivity contribution >= 4 is 17.2 Å². The lowest BCUT2D eigenvalue weighted by molar-refractivity contribution is 0.247. The lowest BCUT2D eigenvalue weighted by atomic mass is 10.2. The van der Waals surface area contributed by atoms with Crippen LogP contribution in [0.4, 0.5) is 0 Å². The number of fused-ring (bicyclic) bond motifs is 1. The van der Waals surface area contributed by atoms with Crippen LogP contribution in [-0.4, -0.2) is 29.6 Å². The fourth-order valence-corrected chi connectivity index (χ4v) is 1.92. The monoisotopic (exact) mass is 222 g/mol. The van der Waals surface area contributed by atoms with E-state index in [1.54, 1.807) is 0 Å². The van der Waals surface area contributed by atoms with Crippen molar-refractivity contribution in [1.29, 1.82) is 0 Å². The fraction of sp³-hybridized carbons (Fsp3) is 0.364. The molecule has 1 aliphatic rings. The van der Waals surface area contributed by atoms with Crippen LogP contribution in [-0.2, 0) is 6.54 Å². The van der Waals surface area contributed by atoms with Crippen LogP contribution in [0, 0.1) is 0 Å². The average Bonchev–Trinajstić information content (AvgIpc) is 2.38. The molecule has 0 bridgehead atoms. The van der Waals surface area contributed by atoms with E-state index in [0.29, 0.717) is 18.1 Å². The molecular weight excluding hydrogens is 208 g/mol. The zero-order chi connectivity index (χ0) is 10.7. The SMILES string of the molecule is NC(=S)CN1CCOc2ccccc2C1. The van der Waals surface area contributed by atoms with Gasteiger partial charge in [-0.2, -0.15) is 0 Å². The number of benzene rings is 1. The van der Waals surface area contributed by atoms with Crippen molar-refractivity contribution in [3.05, 3.63) is 29.8 Å². The van der Waals surface area contributed by atoms with Gasteiger partial charge in [0, 0.05) is 25.2 Å². The molecule has 0 aliphatic carbocycles. The van der Waals surface area contributed by atoms with Crippen LogP contribution in [0.2, 0.25) is 0 Å². The molecule has 2 rings (SSSR count). The van der Waals surface area contributed by atoms with Gasteiger partial charge in [-0.15, -0.1) is 0 Å². The Balaban J connectivity index is 2.13. The Morgan fingerprint density at radius 1 is 1.47 bits per heavy atom. The van der Waals surface area contributed by atoms with E-state index in [4.69, 9.17) is 22.7 Å². The average molecular weight is 222 g/mol. The molecule has 1 aromatic rings. The van der Waals surface area contributed by atoms with Crippen LogP contribution >= 0.6 is 12.2 Å². The molecule has 1 aliphatic heterocycles. The van der Waals surface area contributed by atoms with Crippen molar-refractivity contribution < 1.29 is 4.74 Å². The van der Waals surface area contributed by atoms with Crippen LogP contribution in [0.5, 0.6) is 5.75 Å². The normalized spacial score (nSPS) is 16.3. The molecule has 0 fully saturated rings. The second-order valence-corrected chi connectivity index (χ2v) is 4.16. The van der Waals surface area contributed by atoms with E-state index in [9.17, 15) is 0 Å². The quantitative estimate of drug-likeness (QED) is 0.762. The number of hydrogen-bond donors (Lipinski definition) is 1. The van der Waals surface area contributed by atoms with Gasteiger partial charge in [-0.3, -0.25) is 4.90 Å². The van der Waals surface area contributed by atoms with Gasteiger partial charge in [0.05, 0.1) is 4.99 Å². The fourth-order valence-electron chi connectivity index (χ4n) is 1.74. The molecule has 0 aromatic heterocycles. The van der Waals surface area contributed by atoms with Gasteiger partial charge in [-0.05, 0) is 6.07 Å². The van der Waals surface area contributed by atoms with Crippen molar-refractivity contribution in [3.8, 4) is 5.75 Å². The van der Waals surface area contributed by atoms with Crippen LogP contribution < -0.4 is 10.5 Å². The van der Waals surface area contributed by atoms with Gasteiger partial charge in [-0.25, -0.2) is 0 Å². The predicted octanol–water partition coefficient (Wildman–Crippen LogP) is 1.17. The molecule has 1 heterocycles. The van der Waals surface area contributed by atoms with E-state index in [0.717, 1.165) is 18.8 Å². The summed E-state index contributed by atoms with van der Waals surface area (Å²) < 4.78 is 5.63. The summed E-state index contributed by atoms with van der Waals surface area (Å²) in [5, 5.41) is 0. The highest BCUT2D eigenvalue weighted by Gasteiger charge is 2.14. The highest BCUT2D eigenvalue weighted by atomic mass is 32.1. The standard InChI is InChI=1S/C11H14N2OS/c12-11(15)8-13-5-6-14-10-4-2-1-3-9(10)7-13/h1-4H,5-8H2,(H2,12,15). The molecule has 15 heavy (non-hydrogen) atoms. The molecule has 80 valence electrons. The largest absolute Gasteiger partial charge is 0.492 e. The maximum Gasteiger partial charge on any atom is 0.123 e. The lowest BCUT2D eigenvalue weighted by Gasteiger charge is -2.17. The summed E-state index contributed by atoms with van der Waals surface area (Å²) in [6.07, 6.45) is 0. The molecular formula is C11H14N2OS. The first-order valence-corrected chi connectivity index (χ1v) is 5.38. The van der Waals surface area contributed by atoms with Crippen molar-refractivity contribution in [2.45, 2.75) is 6.54 Å². The molecule has 0 amide bonds. The molecule has 0 saturated carbocycles. The molecule has 0 saturated heterocycles. The van der Waals surface area contributed by atoms with Gasteiger partial charge in [0.15, 0.2) is 0 Å². The van der Waals surface area contributed by atoms with Crippen LogP contribution in [0.3, 0.4) is 0 Å². The van der Waals surface area contributed by atoms with E-state index in [1.165, 1.54) is 5.56 Å². The zero-order valence-corrected chi connectivity index (χ0v) is 9.30. The lowest BCUT2D eigenvalue weighted by Crippen LogP contribution is -2.33. The highest BCUT2D eigenvalue weighted by molar-refractivity contribution is 7.80. The number of thiocarbonyl (C=S) groups is 1. The van der Waals surface area contributed by atoms with Crippen molar-refractivity contribution in [1.82, 2.24) is 4.90 Å². The third-order valence-electron chi connectivity index (χ3n) is 2.41. The van der Waals surface area contributed by atoms with E-state index in [1.807, 2.05) is 18.2 Å². The van der Waals surface area contributed by atoms with Gasteiger partial charge < -0.3 is 10.5 Å². The van der Waals surface area contributed by atoms with Gasteiger partial charge in [0.25, 0.3) is 0 Å². The Labute approximate surface area is 94.8 Å². The Hall–Kier alpha value is -1.13. The molecule has 0 atom stereocenters. The smallest absolute Gasteiger partial charge is 0.123 e. The highest BCUT2D eigenvalue weighted by Crippen LogP contribution is 2.21. The van der Waals surface area contributed by atoms with E-state index in [-0.39, 0.29) is 0 Å². The van der Waals surface area contributed by atoms with Gasteiger partial charge in [-0.1, -0.05) is 30.4 Å². The zero-order valence-electron chi connectivity index (χ0n) is 8.48. The Morgan fingerprint density at radius 3 is 3.07 bits per heavy atom. The molecule has 0 unspecified atom stereocenters. The summed E-state index contributed by atoms with van der Waals surface area (Å²) in [4.78, 5) is 2.74. The maximum atomic E-state index is 5.63. The number of para-hydroxylation sites is 1. The Morgan fingerprint density at radius 2 is 2.27 bits per heavy atom. The molecule has 3 nitrogen and oxygen atoms in total. The Kier molecular flexibility index (Phi) is 3.18. The third kappa shape index (κ3) is 2.67. The molecule has 0 spiro atoms. The minimum atomic E-state index is 0.536. The predicted molar refractivity (Wildman–Crippen MR) is 64.0 cm³/mol. The summed E-state index contributed by atoms with van der Waals surface area (Å²) in [7, 11) is 0. The third-order valence-corrected chi connectivity index (χ3v) is 2.54. The molecule has 1 aromatic carbocycles. The second kappa shape index (κ2) is 4.59. The Bertz CT molecular complexity index is 367. The summed E-state index contributed by atoms with van der Waals surface area (Å²) in [6, 6.07) is 8.08. The number of nitrogens with zero attached hydrogens (tertiary/aromatic N) is 1. The number of nitrogens with two attached hydrogens (primary N) is 1. The molecule has 2 N–H and O–H groups in total. The molecule has 4 heteroatoms. The summed E-state index contributed by atoms with van der Waals surface area (Å²) >= 11 is 4.91. The number of rotatable bonds is 2. The van der Waals surface area contributed by atoms with Crippen molar-refractivity contribution in [2.75, 3.05) is 19.7 Å².